The quantitative estimate of drug-likeness (QED) is 0.767. The van der Waals surface area contributed by atoms with Crippen LogP contribution in [-0.2, 0) is 4.79 Å². The Morgan fingerprint density at radius 3 is 2.26 bits per heavy atom. The van der Waals surface area contributed by atoms with E-state index in [4.69, 9.17) is 14.2 Å². The molecule has 0 saturated heterocycles. The van der Waals surface area contributed by atoms with Crippen LogP contribution in [0.4, 0.5) is 0 Å². The van der Waals surface area contributed by atoms with Crippen LogP contribution in [0.3, 0.4) is 0 Å². The van der Waals surface area contributed by atoms with Crippen LogP contribution >= 0.6 is 0 Å². The zero-order valence-corrected chi connectivity index (χ0v) is 15.6. The van der Waals surface area contributed by atoms with Crippen molar-refractivity contribution in [3.8, 4) is 17.2 Å². The van der Waals surface area contributed by atoms with Gasteiger partial charge < -0.3 is 24.2 Å². The molecule has 6 nitrogen and oxygen atoms in total. The molecule has 0 bridgehead atoms. The molecule has 0 aromatic heterocycles. The Morgan fingerprint density at radius 1 is 1.04 bits per heavy atom. The Balaban J connectivity index is 1.69. The number of ether oxygens (including phenoxy) is 3. The fourth-order valence-electron chi connectivity index (χ4n) is 3.05. The van der Waals surface area contributed by atoms with Crippen molar-refractivity contribution in [2.75, 3.05) is 26.2 Å². The largest absolute Gasteiger partial charge is 0.492 e. The molecule has 1 aliphatic rings. The minimum absolute atomic E-state index is 0.442. The van der Waals surface area contributed by atoms with Gasteiger partial charge in [0, 0.05) is 6.54 Å². The molecule has 2 aromatic carbocycles. The Bertz CT molecular complexity index is 757. The number of hydrogen-bond acceptors (Lipinski definition) is 5. The summed E-state index contributed by atoms with van der Waals surface area (Å²) < 4.78 is 17.3. The number of carbonyl (C=O) groups is 1. The maximum atomic E-state index is 11.6. The molecule has 0 spiro atoms. The number of aliphatic carboxylic acids is 1. The van der Waals surface area contributed by atoms with E-state index in [9.17, 15) is 9.90 Å². The van der Waals surface area contributed by atoms with Gasteiger partial charge >= 0.3 is 5.97 Å². The third-order valence-electron chi connectivity index (χ3n) is 4.65. The second kappa shape index (κ2) is 8.77. The average molecular weight is 371 g/mol. The molecule has 144 valence electrons. The van der Waals surface area contributed by atoms with E-state index in [0.717, 1.165) is 30.9 Å². The summed E-state index contributed by atoms with van der Waals surface area (Å²) >= 11 is 0. The van der Waals surface area contributed by atoms with Crippen LogP contribution in [0, 0.1) is 0 Å². The zero-order valence-electron chi connectivity index (χ0n) is 15.6. The molecule has 6 heteroatoms. The first kappa shape index (κ1) is 19.0. The Morgan fingerprint density at radius 2 is 1.67 bits per heavy atom. The summed E-state index contributed by atoms with van der Waals surface area (Å²) in [5.74, 6) is 0.668. The minimum atomic E-state index is -1.10. The maximum absolute atomic E-state index is 11.6. The minimum Gasteiger partial charge on any atom is -0.492 e. The summed E-state index contributed by atoms with van der Waals surface area (Å²) in [7, 11) is 0. The normalized spacial score (nSPS) is 18.3. The van der Waals surface area contributed by atoms with E-state index in [-0.39, 0.29) is 0 Å². The van der Waals surface area contributed by atoms with Gasteiger partial charge in [-0.3, -0.25) is 0 Å². The van der Waals surface area contributed by atoms with Gasteiger partial charge in [0.25, 0.3) is 0 Å². The number of benzene rings is 2. The summed E-state index contributed by atoms with van der Waals surface area (Å²) in [5, 5.41) is 9.53. The summed E-state index contributed by atoms with van der Waals surface area (Å²) in [5.41, 5.74) is 0.730. The van der Waals surface area contributed by atoms with Crippen LogP contribution in [-0.4, -0.2) is 48.3 Å². The van der Waals surface area contributed by atoms with Crippen LogP contribution in [0.1, 0.15) is 25.5 Å². The fourth-order valence-corrected chi connectivity index (χ4v) is 3.05. The van der Waals surface area contributed by atoms with Crippen LogP contribution in [0.2, 0.25) is 0 Å². The van der Waals surface area contributed by atoms with Gasteiger partial charge in [0.2, 0.25) is 6.10 Å². The van der Waals surface area contributed by atoms with Crippen molar-refractivity contribution in [2.24, 2.45) is 0 Å². The first-order valence-electron chi connectivity index (χ1n) is 9.22. The van der Waals surface area contributed by atoms with E-state index < -0.39 is 18.2 Å². The number of fused-ring (bicyclic) bond motifs is 1. The van der Waals surface area contributed by atoms with Gasteiger partial charge in [0.1, 0.15) is 12.4 Å². The lowest BCUT2D eigenvalue weighted by Crippen LogP contribution is -2.39. The van der Waals surface area contributed by atoms with Crippen LogP contribution in [0.5, 0.6) is 17.2 Å². The number of hydrogen-bond donors (Lipinski definition) is 1. The van der Waals surface area contributed by atoms with E-state index >= 15 is 0 Å². The lowest BCUT2D eigenvalue weighted by Gasteiger charge is -2.31. The number of rotatable bonds is 8. The van der Waals surface area contributed by atoms with Crippen molar-refractivity contribution in [3.63, 3.8) is 0 Å². The lowest BCUT2D eigenvalue weighted by molar-refractivity contribution is -0.151. The van der Waals surface area contributed by atoms with Crippen molar-refractivity contribution < 1.29 is 24.1 Å². The monoisotopic (exact) mass is 371 g/mol. The molecule has 0 amide bonds. The number of carboxylic acid groups (broad SMARTS) is 1. The van der Waals surface area contributed by atoms with E-state index in [1.807, 2.05) is 30.3 Å². The highest BCUT2D eigenvalue weighted by Crippen LogP contribution is 2.39. The first-order valence-corrected chi connectivity index (χ1v) is 9.22. The molecule has 2 aromatic rings. The first-order chi connectivity index (χ1) is 13.1. The third kappa shape index (κ3) is 4.52. The summed E-state index contributed by atoms with van der Waals surface area (Å²) in [6.07, 6.45) is -1.82. The summed E-state index contributed by atoms with van der Waals surface area (Å²) in [6.45, 7) is 7.72. The molecule has 27 heavy (non-hydrogen) atoms. The van der Waals surface area contributed by atoms with Crippen LogP contribution in [0.25, 0.3) is 0 Å². The Kier molecular flexibility index (Phi) is 6.19. The molecule has 0 aliphatic carbocycles. The molecular weight excluding hydrogens is 346 g/mol. The van der Waals surface area contributed by atoms with E-state index in [2.05, 4.69) is 18.7 Å². The van der Waals surface area contributed by atoms with E-state index in [0.29, 0.717) is 18.1 Å². The zero-order chi connectivity index (χ0) is 19.2. The van der Waals surface area contributed by atoms with Crippen molar-refractivity contribution in [2.45, 2.75) is 26.1 Å². The average Bonchev–Trinajstić information content (AvgIpc) is 2.70. The molecule has 3 rings (SSSR count). The molecule has 0 radical (unpaired) electrons. The fraction of sp³-hybridized carbons (Fsp3) is 0.381. The van der Waals surface area contributed by atoms with Crippen molar-refractivity contribution in [1.82, 2.24) is 4.90 Å². The highest BCUT2D eigenvalue weighted by Gasteiger charge is 2.38. The van der Waals surface area contributed by atoms with Gasteiger partial charge in [0.05, 0.1) is 0 Å². The van der Waals surface area contributed by atoms with Gasteiger partial charge in [-0.15, -0.1) is 0 Å². The van der Waals surface area contributed by atoms with Gasteiger partial charge in [-0.25, -0.2) is 4.79 Å². The molecule has 2 atom stereocenters. The molecule has 0 saturated carbocycles. The SMILES string of the molecule is CCN(CC)CCOc1ccc(C2Oc3ccccc3OC2C(=O)O)cc1. The number of para-hydroxylation sites is 2. The predicted octanol–water partition coefficient (Wildman–Crippen LogP) is 3.37. The molecule has 0 fully saturated rings. The molecule has 2 unspecified atom stereocenters. The van der Waals surface area contributed by atoms with Crippen LogP contribution < -0.4 is 14.2 Å². The Labute approximate surface area is 159 Å². The lowest BCUT2D eigenvalue weighted by atomic mass is 10.0. The molecular formula is C21H25NO5. The van der Waals surface area contributed by atoms with Gasteiger partial charge in [-0.05, 0) is 42.9 Å². The number of nitrogens with zero attached hydrogens (tertiary/aromatic N) is 1. The van der Waals surface area contributed by atoms with Crippen molar-refractivity contribution >= 4 is 5.97 Å². The Hall–Kier alpha value is -2.73. The van der Waals surface area contributed by atoms with Gasteiger partial charge in [-0.1, -0.05) is 38.1 Å². The van der Waals surface area contributed by atoms with Gasteiger partial charge in [-0.2, -0.15) is 0 Å². The maximum Gasteiger partial charge on any atom is 0.349 e. The summed E-state index contributed by atoms with van der Waals surface area (Å²) in [6, 6.07) is 14.4. The summed E-state index contributed by atoms with van der Waals surface area (Å²) in [4.78, 5) is 13.9. The molecule has 1 N–H and O–H groups in total. The molecule has 1 heterocycles. The second-order valence-corrected chi connectivity index (χ2v) is 6.31. The highest BCUT2D eigenvalue weighted by atomic mass is 16.6. The second-order valence-electron chi connectivity index (χ2n) is 6.31. The van der Waals surface area contributed by atoms with Crippen molar-refractivity contribution in [1.29, 1.82) is 0 Å². The number of carboxylic acids is 1. The topological polar surface area (TPSA) is 68.2 Å². The van der Waals surface area contributed by atoms with E-state index in [1.54, 1.807) is 18.2 Å². The van der Waals surface area contributed by atoms with E-state index in [1.165, 1.54) is 0 Å². The smallest absolute Gasteiger partial charge is 0.349 e. The predicted molar refractivity (Wildman–Crippen MR) is 102 cm³/mol. The van der Waals surface area contributed by atoms with Crippen LogP contribution in [0.15, 0.2) is 48.5 Å². The van der Waals surface area contributed by atoms with Crippen molar-refractivity contribution in [3.05, 3.63) is 54.1 Å². The molecule has 1 aliphatic heterocycles. The van der Waals surface area contributed by atoms with Gasteiger partial charge in [0.15, 0.2) is 17.6 Å². The highest BCUT2D eigenvalue weighted by molar-refractivity contribution is 5.75. The third-order valence-corrected chi connectivity index (χ3v) is 4.65. The number of likely N-dealkylation sites (N-methyl/N-ethyl adjacent to an activating group) is 1. The standard InChI is InChI=1S/C21H25NO5/c1-3-22(4-2)13-14-25-16-11-9-15(10-12-16)19-20(21(23)24)27-18-8-6-5-7-17(18)26-19/h5-12,19-20H,3-4,13-14H2,1-2H3,(H,23,24).